The average molecular weight is 500 g/mol. The molecule has 0 amide bonds. The number of rotatable bonds is 4. The van der Waals surface area contributed by atoms with Crippen LogP contribution in [0.1, 0.15) is 59.9 Å². The molecule has 1 aliphatic rings. The van der Waals surface area contributed by atoms with Crippen molar-refractivity contribution in [2.45, 2.75) is 70.9 Å². The molecular formula is C33H38ClNO. The highest BCUT2D eigenvalue weighted by Gasteiger charge is 2.55. The fourth-order valence-corrected chi connectivity index (χ4v) is 7.24. The molecule has 3 unspecified atom stereocenters. The fourth-order valence-electron chi connectivity index (χ4n) is 6.78. The van der Waals surface area contributed by atoms with Gasteiger partial charge in [0, 0.05) is 21.8 Å². The minimum absolute atomic E-state index is 0.117. The second-order valence-electron chi connectivity index (χ2n) is 12.8. The third kappa shape index (κ3) is 3.99. The van der Waals surface area contributed by atoms with Crippen molar-refractivity contribution in [3.05, 3.63) is 90.5 Å². The van der Waals surface area contributed by atoms with Gasteiger partial charge < -0.3 is 9.67 Å². The standard InChI is InChI=1S/C33H38ClNO/c1-30(2,3)21-31(4,5)33(34)20-26(23-14-8-7-9-15-23)29(36)32(6,22-33)35-27-18-12-10-16-24(27)25-17-11-13-19-28(25)35/h7-20,29,36H,21-22H2,1-6H3. The smallest absolute Gasteiger partial charge is 0.103 e. The second kappa shape index (κ2) is 8.50. The summed E-state index contributed by atoms with van der Waals surface area (Å²) in [6.07, 6.45) is 3.03. The summed E-state index contributed by atoms with van der Waals surface area (Å²) in [5, 5.41) is 14.6. The van der Waals surface area contributed by atoms with Gasteiger partial charge in [-0.25, -0.2) is 0 Å². The van der Waals surface area contributed by atoms with Gasteiger partial charge >= 0.3 is 0 Å². The summed E-state index contributed by atoms with van der Waals surface area (Å²) >= 11 is 7.79. The molecule has 0 bridgehead atoms. The van der Waals surface area contributed by atoms with E-state index in [1.54, 1.807) is 0 Å². The van der Waals surface area contributed by atoms with Crippen LogP contribution in [0.4, 0.5) is 0 Å². The van der Waals surface area contributed by atoms with E-state index in [0.717, 1.165) is 28.6 Å². The van der Waals surface area contributed by atoms with E-state index in [1.165, 1.54) is 10.8 Å². The highest BCUT2D eigenvalue weighted by molar-refractivity contribution is 6.26. The zero-order chi connectivity index (χ0) is 25.9. The number of nitrogens with zero attached hydrogens (tertiary/aromatic N) is 1. The van der Waals surface area contributed by atoms with E-state index in [9.17, 15) is 5.11 Å². The van der Waals surface area contributed by atoms with E-state index >= 15 is 0 Å². The van der Waals surface area contributed by atoms with E-state index in [0.29, 0.717) is 6.42 Å². The molecule has 188 valence electrons. The first kappa shape index (κ1) is 25.1. The maximum absolute atomic E-state index is 12.2. The van der Waals surface area contributed by atoms with Crippen molar-refractivity contribution in [1.82, 2.24) is 4.57 Å². The Labute approximate surface area is 220 Å². The number of hydrogen-bond acceptors (Lipinski definition) is 1. The minimum atomic E-state index is -0.726. The summed E-state index contributed by atoms with van der Waals surface area (Å²) in [6, 6.07) is 27.3. The molecule has 0 radical (unpaired) electrons. The first-order valence-corrected chi connectivity index (χ1v) is 13.4. The van der Waals surface area contributed by atoms with Crippen LogP contribution in [0.15, 0.2) is 84.9 Å². The number of fused-ring (bicyclic) bond motifs is 3. The van der Waals surface area contributed by atoms with E-state index < -0.39 is 16.5 Å². The van der Waals surface area contributed by atoms with E-state index in [1.807, 2.05) is 18.2 Å². The number of hydrogen-bond donors (Lipinski definition) is 1. The molecule has 3 heteroatoms. The molecular weight excluding hydrogens is 462 g/mol. The van der Waals surface area contributed by atoms with Crippen molar-refractivity contribution in [3.8, 4) is 0 Å². The first-order chi connectivity index (χ1) is 16.9. The molecule has 5 rings (SSSR count). The third-order valence-corrected chi connectivity index (χ3v) is 8.93. The highest BCUT2D eigenvalue weighted by Crippen LogP contribution is 2.57. The molecule has 1 aromatic heterocycles. The van der Waals surface area contributed by atoms with Crippen LogP contribution in [0, 0.1) is 10.8 Å². The van der Waals surface area contributed by atoms with Crippen LogP contribution in [0.2, 0.25) is 0 Å². The lowest BCUT2D eigenvalue weighted by molar-refractivity contribution is 0.0489. The van der Waals surface area contributed by atoms with Crippen molar-refractivity contribution < 1.29 is 5.11 Å². The van der Waals surface area contributed by atoms with Gasteiger partial charge in [-0.2, -0.15) is 0 Å². The Morgan fingerprint density at radius 3 is 1.86 bits per heavy atom. The lowest BCUT2D eigenvalue weighted by Gasteiger charge is -2.53. The quantitative estimate of drug-likeness (QED) is 0.279. The topological polar surface area (TPSA) is 25.2 Å². The Bertz CT molecular complexity index is 1390. The summed E-state index contributed by atoms with van der Waals surface area (Å²) in [7, 11) is 0. The summed E-state index contributed by atoms with van der Waals surface area (Å²) < 4.78 is 2.36. The number of benzene rings is 3. The van der Waals surface area contributed by atoms with Crippen molar-refractivity contribution >= 4 is 39.0 Å². The van der Waals surface area contributed by atoms with Gasteiger partial charge in [-0.15, -0.1) is 11.6 Å². The molecule has 0 aliphatic heterocycles. The number of aromatic nitrogens is 1. The highest BCUT2D eigenvalue weighted by atomic mass is 35.5. The van der Waals surface area contributed by atoms with Gasteiger partial charge in [-0.05, 0) is 53.9 Å². The van der Waals surface area contributed by atoms with Crippen LogP contribution in [-0.2, 0) is 5.54 Å². The summed E-state index contributed by atoms with van der Waals surface area (Å²) in [5.74, 6) is 0. The van der Waals surface area contributed by atoms with Gasteiger partial charge in [0.2, 0.25) is 0 Å². The van der Waals surface area contributed by atoms with Gasteiger partial charge in [0.1, 0.15) is 6.10 Å². The zero-order valence-electron chi connectivity index (χ0n) is 22.3. The molecule has 1 aliphatic carbocycles. The molecule has 3 aromatic carbocycles. The summed E-state index contributed by atoms with van der Waals surface area (Å²) in [5.41, 5.74) is 3.42. The first-order valence-electron chi connectivity index (χ1n) is 13.0. The van der Waals surface area contributed by atoms with Crippen LogP contribution in [0.3, 0.4) is 0 Å². The molecule has 0 saturated carbocycles. The number of aliphatic hydroxyl groups excluding tert-OH is 1. The maximum atomic E-state index is 12.2. The Hall–Kier alpha value is -2.55. The number of aliphatic hydroxyl groups is 1. The monoisotopic (exact) mass is 499 g/mol. The number of para-hydroxylation sites is 2. The van der Waals surface area contributed by atoms with Crippen LogP contribution in [0.25, 0.3) is 27.4 Å². The van der Waals surface area contributed by atoms with Gasteiger partial charge in [0.25, 0.3) is 0 Å². The molecule has 2 nitrogen and oxygen atoms in total. The van der Waals surface area contributed by atoms with Gasteiger partial charge in [0.15, 0.2) is 0 Å². The van der Waals surface area contributed by atoms with Crippen LogP contribution < -0.4 is 0 Å². The normalized spacial score (nSPS) is 25.3. The molecule has 0 fully saturated rings. The minimum Gasteiger partial charge on any atom is -0.386 e. The molecule has 0 spiro atoms. The predicted octanol–water partition coefficient (Wildman–Crippen LogP) is 8.80. The largest absolute Gasteiger partial charge is 0.386 e. The molecule has 36 heavy (non-hydrogen) atoms. The lowest BCUT2D eigenvalue weighted by atomic mass is 9.60. The van der Waals surface area contributed by atoms with E-state index in [2.05, 4.69) is 113 Å². The molecule has 0 saturated heterocycles. The maximum Gasteiger partial charge on any atom is 0.103 e. The van der Waals surface area contributed by atoms with Gasteiger partial charge in [-0.3, -0.25) is 0 Å². The number of halogens is 1. The van der Waals surface area contributed by atoms with Crippen molar-refractivity contribution in [2.24, 2.45) is 10.8 Å². The summed E-state index contributed by atoms with van der Waals surface area (Å²) in [6.45, 7) is 13.6. The van der Waals surface area contributed by atoms with Crippen molar-refractivity contribution in [1.29, 1.82) is 0 Å². The Balaban J connectivity index is 1.80. The average Bonchev–Trinajstić information content (AvgIpc) is 3.16. The SMILES string of the molecule is CC(C)(C)CC(C)(C)C1(Cl)C=C(c2ccccc2)C(O)C(C)(n2c3ccccc3c3ccccc32)C1. The van der Waals surface area contributed by atoms with Crippen LogP contribution in [0.5, 0.6) is 0 Å². The zero-order valence-corrected chi connectivity index (χ0v) is 23.1. The van der Waals surface area contributed by atoms with E-state index in [4.69, 9.17) is 11.6 Å². The van der Waals surface area contributed by atoms with Crippen molar-refractivity contribution in [3.63, 3.8) is 0 Å². The lowest BCUT2D eigenvalue weighted by Crippen LogP contribution is -2.55. The molecule has 1 N–H and O–H groups in total. The molecule has 3 atom stereocenters. The van der Waals surface area contributed by atoms with Gasteiger partial charge in [0.05, 0.1) is 10.4 Å². The van der Waals surface area contributed by atoms with Crippen LogP contribution >= 0.6 is 11.6 Å². The van der Waals surface area contributed by atoms with Gasteiger partial charge in [-0.1, -0.05) is 107 Å². The molecule has 1 heterocycles. The second-order valence-corrected chi connectivity index (χ2v) is 13.4. The Morgan fingerprint density at radius 2 is 1.33 bits per heavy atom. The number of allylic oxidation sites excluding steroid dienone is 1. The molecule has 4 aromatic rings. The third-order valence-electron chi connectivity index (χ3n) is 8.18. The summed E-state index contributed by atoms with van der Waals surface area (Å²) in [4.78, 5) is -0.661. The van der Waals surface area contributed by atoms with Crippen molar-refractivity contribution in [2.75, 3.05) is 0 Å². The van der Waals surface area contributed by atoms with Crippen LogP contribution in [-0.4, -0.2) is 20.7 Å². The number of alkyl halides is 1. The Kier molecular flexibility index (Phi) is 5.93. The fraction of sp³-hybridized carbons (Fsp3) is 0.394. The van der Waals surface area contributed by atoms with E-state index in [-0.39, 0.29) is 10.8 Å². The Morgan fingerprint density at radius 1 is 0.833 bits per heavy atom. The predicted molar refractivity (Wildman–Crippen MR) is 155 cm³/mol.